The quantitative estimate of drug-likeness (QED) is 0.375. The molecule has 0 saturated heterocycles. The number of nitro groups is 1. The van der Waals surface area contributed by atoms with Gasteiger partial charge in [0.2, 0.25) is 0 Å². The Labute approximate surface area is 171 Å². The number of nitrogens with one attached hydrogen (secondary N) is 1. The molecule has 9 heteroatoms. The van der Waals surface area contributed by atoms with Crippen LogP contribution in [0.25, 0.3) is 10.9 Å². The van der Waals surface area contributed by atoms with E-state index in [1.807, 2.05) is 0 Å². The molecule has 1 heterocycles. The summed E-state index contributed by atoms with van der Waals surface area (Å²) in [5.41, 5.74) is 1.65. The number of amides is 1. The number of aromatic nitrogens is 1. The molecule has 9 nitrogen and oxygen atoms in total. The van der Waals surface area contributed by atoms with E-state index in [9.17, 15) is 19.7 Å². The summed E-state index contributed by atoms with van der Waals surface area (Å²) in [6.45, 7) is 3.12. The number of nitro benzene ring substituents is 1. The molecule has 1 aromatic heterocycles. The lowest BCUT2D eigenvalue weighted by Gasteiger charge is -2.14. The van der Waals surface area contributed by atoms with Crippen LogP contribution in [0.4, 0.5) is 11.4 Å². The molecule has 1 N–H and O–H groups in total. The van der Waals surface area contributed by atoms with Gasteiger partial charge in [-0.15, -0.1) is 0 Å². The van der Waals surface area contributed by atoms with Crippen molar-refractivity contribution >= 4 is 34.2 Å². The first kappa shape index (κ1) is 20.7. The fraction of sp³-hybridized carbons (Fsp3) is 0.190. The molecule has 0 aliphatic rings. The number of hydrogen-bond acceptors (Lipinski definition) is 7. The molecule has 3 aromatic rings. The average molecular weight is 409 g/mol. The Morgan fingerprint density at radius 2 is 1.83 bits per heavy atom. The number of esters is 1. The van der Waals surface area contributed by atoms with Gasteiger partial charge in [0.05, 0.1) is 28.8 Å². The van der Waals surface area contributed by atoms with Gasteiger partial charge in [-0.25, -0.2) is 4.79 Å². The maximum Gasteiger partial charge on any atom is 0.340 e. The molecule has 30 heavy (non-hydrogen) atoms. The van der Waals surface area contributed by atoms with Crippen molar-refractivity contribution in [3.8, 4) is 5.75 Å². The minimum absolute atomic E-state index is 0.0932. The number of ether oxygens (including phenoxy) is 2. The molecule has 3 rings (SSSR count). The molecular formula is C21H19N3O6. The van der Waals surface area contributed by atoms with Crippen molar-refractivity contribution in [2.24, 2.45) is 0 Å². The van der Waals surface area contributed by atoms with Gasteiger partial charge in [-0.05, 0) is 44.2 Å². The Kier molecular flexibility index (Phi) is 5.91. The highest BCUT2D eigenvalue weighted by Gasteiger charge is 2.21. The fourth-order valence-corrected chi connectivity index (χ4v) is 2.76. The van der Waals surface area contributed by atoms with Crippen LogP contribution < -0.4 is 10.1 Å². The molecule has 154 valence electrons. The normalized spacial score (nSPS) is 11.6. The number of nitrogens with zero attached hydrogens (tertiary/aromatic N) is 2. The predicted octanol–water partition coefficient (Wildman–Crippen LogP) is 3.64. The minimum atomic E-state index is -1.08. The van der Waals surface area contributed by atoms with Crippen molar-refractivity contribution in [2.75, 3.05) is 12.4 Å². The first-order chi connectivity index (χ1) is 14.3. The molecule has 0 bridgehead atoms. The van der Waals surface area contributed by atoms with Crippen molar-refractivity contribution in [1.82, 2.24) is 4.98 Å². The number of anilines is 1. The molecule has 0 spiro atoms. The minimum Gasteiger partial charge on any atom is -0.497 e. The lowest BCUT2D eigenvalue weighted by atomic mass is 10.1. The van der Waals surface area contributed by atoms with Gasteiger partial charge in [0.15, 0.2) is 6.10 Å². The zero-order valence-electron chi connectivity index (χ0n) is 16.5. The van der Waals surface area contributed by atoms with Crippen molar-refractivity contribution in [2.45, 2.75) is 20.0 Å². The maximum absolute atomic E-state index is 12.6. The van der Waals surface area contributed by atoms with Crippen molar-refractivity contribution < 1.29 is 24.0 Å². The highest BCUT2D eigenvalue weighted by atomic mass is 16.6. The Bertz CT molecular complexity index is 1130. The molecule has 1 unspecified atom stereocenters. The van der Waals surface area contributed by atoms with E-state index in [4.69, 9.17) is 9.47 Å². The smallest absolute Gasteiger partial charge is 0.340 e. The highest BCUT2D eigenvalue weighted by molar-refractivity contribution is 5.99. The third kappa shape index (κ3) is 4.52. The number of hydrogen-bond donors (Lipinski definition) is 1. The summed E-state index contributed by atoms with van der Waals surface area (Å²) in [6, 6.07) is 12.3. The summed E-state index contributed by atoms with van der Waals surface area (Å²) in [6.07, 6.45) is -1.08. The first-order valence-electron chi connectivity index (χ1n) is 9.00. The van der Waals surface area contributed by atoms with Crippen LogP contribution in [0.2, 0.25) is 0 Å². The third-order valence-corrected chi connectivity index (χ3v) is 4.43. The summed E-state index contributed by atoms with van der Waals surface area (Å²) in [5, 5.41) is 14.0. The van der Waals surface area contributed by atoms with E-state index < -0.39 is 22.9 Å². The molecule has 1 amide bonds. The van der Waals surface area contributed by atoms with Crippen molar-refractivity contribution in [3.05, 3.63) is 69.9 Å². The number of rotatable bonds is 6. The second kappa shape index (κ2) is 8.56. The summed E-state index contributed by atoms with van der Waals surface area (Å²) < 4.78 is 10.5. The maximum atomic E-state index is 12.6. The van der Waals surface area contributed by atoms with Gasteiger partial charge in [0, 0.05) is 29.3 Å². The van der Waals surface area contributed by atoms with Gasteiger partial charge in [0.25, 0.3) is 11.6 Å². The van der Waals surface area contributed by atoms with E-state index in [0.717, 1.165) is 5.39 Å². The SMILES string of the molecule is COc1ccc2cc(C(=O)OC(C)C(=O)Nc3ccc([N+](=O)[O-])cc3)c(C)nc2c1. The van der Waals surface area contributed by atoms with E-state index in [1.54, 1.807) is 38.3 Å². The molecule has 0 aliphatic carbocycles. The Morgan fingerprint density at radius 1 is 1.13 bits per heavy atom. The van der Waals surface area contributed by atoms with Gasteiger partial charge in [-0.2, -0.15) is 0 Å². The van der Waals surface area contributed by atoms with E-state index in [1.165, 1.54) is 31.2 Å². The average Bonchev–Trinajstić information content (AvgIpc) is 2.72. The van der Waals surface area contributed by atoms with Gasteiger partial charge in [0.1, 0.15) is 5.75 Å². The highest BCUT2D eigenvalue weighted by Crippen LogP contribution is 2.22. The topological polar surface area (TPSA) is 121 Å². The summed E-state index contributed by atoms with van der Waals surface area (Å²) in [4.78, 5) is 39.5. The van der Waals surface area contributed by atoms with Gasteiger partial charge in [-0.1, -0.05) is 0 Å². The molecular weight excluding hydrogens is 390 g/mol. The van der Waals surface area contributed by atoms with E-state index in [0.29, 0.717) is 22.6 Å². The molecule has 0 saturated carbocycles. The van der Waals surface area contributed by atoms with Crippen LogP contribution in [0.3, 0.4) is 0 Å². The number of fused-ring (bicyclic) bond motifs is 1. The van der Waals surface area contributed by atoms with E-state index >= 15 is 0 Å². The van der Waals surface area contributed by atoms with Crippen LogP contribution in [0, 0.1) is 17.0 Å². The second-order valence-electron chi connectivity index (χ2n) is 6.52. The zero-order chi connectivity index (χ0) is 21.8. The number of pyridine rings is 1. The van der Waals surface area contributed by atoms with Crippen LogP contribution in [0.1, 0.15) is 23.0 Å². The predicted molar refractivity (Wildman–Crippen MR) is 110 cm³/mol. The Balaban J connectivity index is 1.70. The Morgan fingerprint density at radius 3 is 2.47 bits per heavy atom. The Hall–Kier alpha value is -4.01. The first-order valence-corrected chi connectivity index (χ1v) is 9.00. The standard InChI is InChI=1S/C21H19N3O6/c1-12-18(10-14-4-9-17(29-3)11-19(14)22-12)21(26)30-13(2)20(25)23-15-5-7-16(8-6-15)24(27)28/h4-11,13H,1-3H3,(H,23,25). The summed E-state index contributed by atoms with van der Waals surface area (Å²) in [7, 11) is 1.56. The van der Waals surface area contributed by atoms with Gasteiger partial charge < -0.3 is 14.8 Å². The summed E-state index contributed by atoms with van der Waals surface area (Å²) >= 11 is 0. The molecule has 0 fully saturated rings. The number of benzene rings is 2. The van der Waals surface area contributed by atoms with Crippen molar-refractivity contribution in [1.29, 1.82) is 0 Å². The number of carbonyl (C=O) groups is 2. The largest absolute Gasteiger partial charge is 0.497 e. The van der Waals surface area contributed by atoms with Crippen LogP contribution >= 0.6 is 0 Å². The van der Waals surface area contributed by atoms with Crippen molar-refractivity contribution in [3.63, 3.8) is 0 Å². The second-order valence-corrected chi connectivity index (χ2v) is 6.52. The molecule has 0 aliphatic heterocycles. The lowest BCUT2D eigenvalue weighted by molar-refractivity contribution is -0.384. The number of methoxy groups -OCH3 is 1. The number of non-ortho nitro benzene ring substituents is 1. The monoisotopic (exact) mass is 409 g/mol. The van der Waals surface area contributed by atoms with Crippen LogP contribution in [0.15, 0.2) is 48.5 Å². The lowest BCUT2D eigenvalue weighted by Crippen LogP contribution is -2.30. The van der Waals surface area contributed by atoms with Gasteiger partial charge in [-0.3, -0.25) is 19.9 Å². The van der Waals surface area contributed by atoms with Crippen LogP contribution in [-0.4, -0.2) is 35.0 Å². The van der Waals surface area contributed by atoms with Gasteiger partial charge >= 0.3 is 5.97 Å². The fourth-order valence-electron chi connectivity index (χ4n) is 2.76. The molecule has 2 aromatic carbocycles. The number of aryl methyl sites for hydroxylation is 1. The van der Waals surface area contributed by atoms with Crippen LogP contribution in [0.5, 0.6) is 5.75 Å². The van der Waals surface area contributed by atoms with E-state index in [2.05, 4.69) is 10.3 Å². The molecule has 0 radical (unpaired) electrons. The zero-order valence-corrected chi connectivity index (χ0v) is 16.5. The third-order valence-electron chi connectivity index (χ3n) is 4.43. The van der Waals surface area contributed by atoms with Crippen LogP contribution in [-0.2, 0) is 9.53 Å². The summed E-state index contributed by atoms with van der Waals surface area (Å²) in [5.74, 6) is -0.585. The molecule has 1 atom stereocenters. The number of carbonyl (C=O) groups excluding carboxylic acids is 2. The van der Waals surface area contributed by atoms with E-state index in [-0.39, 0.29) is 11.3 Å².